The van der Waals surface area contributed by atoms with E-state index in [-0.39, 0.29) is 18.1 Å². The molecule has 10 heteroatoms. The van der Waals surface area contributed by atoms with Gasteiger partial charge in [0.1, 0.15) is 5.75 Å². The second kappa shape index (κ2) is 9.30. The molecule has 0 fully saturated rings. The maximum Gasteiger partial charge on any atom is 0.258 e. The number of fused-ring (bicyclic) bond motifs is 2. The second-order valence-electron chi connectivity index (χ2n) is 8.79. The van der Waals surface area contributed by atoms with E-state index in [4.69, 9.17) is 14.7 Å². The third-order valence-electron chi connectivity index (χ3n) is 5.68. The fourth-order valence-corrected chi connectivity index (χ4v) is 4.27. The SMILES string of the molecule is CCC(C)(C)NC(=O)COc1cccc(-c2nc(Nc3cnc4[nH]ncc4c3)c3sccc3n2)c1. The van der Waals surface area contributed by atoms with Crippen LogP contribution in [-0.2, 0) is 4.79 Å². The van der Waals surface area contributed by atoms with Gasteiger partial charge in [0.15, 0.2) is 23.9 Å². The minimum Gasteiger partial charge on any atom is -0.484 e. The Hall–Kier alpha value is -4.05. The lowest BCUT2D eigenvalue weighted by atomic mass is 10.0. The standard InChI is InChI=1S/C25H25N7O2S/c1-4-25(2,3)31-20(33)14-34-18-7-5-6-15(11-18)23-29-19-8-9-35-21(19)24(30-23)28-17-10-16-12-27-32-22(16)26-13-17/h5-13H,4,14H2,1-3H3,(H,31,33)(H,26,27,32)(H,28,29,30). The Balaban J connectivity index is 1.39. The highest BCUT2D eigenvalue weighted by atomic mass is 32.1. The predicted molar refractivity (Wildman–Crippen MR) is 138 cm³/mol. The van der Waals surface area contributed by atoms with Gasteiger partial charge in [0, 0.05) is 16.5 Å². The Bertz CT molecular complexity index is 1510. The molecule has 9 nitrogen and oxygen atoms in total. The molecule has 178 valence electrons. The maximum atomic E-state index is 12.3. The van der Waals surface area contributed by atoms with Crippen LogP contribution in [-0.4, -0.2) is 43.2 Å². The zero-order chi connectivity index (χ0) is 24.4. The average molecular weight is 488 g/mol. The van der Waals surface area contributed by atoms with Crippen LogP contribution in [0.1, 0.15) is 27.2 Å². The molecule has 35 heavy (non-hydrogen) atoms. The average Bonchev–Trinajstić information content (AvgIpc) is 3.52. The van der Waals surface area contributed by atoms with Gasteiger partial charge in [0.05, 0.1) is 28.3 Å². The van der Waals surface area contributed by atoms with E-state index in [1.54, 1.807) is 23.7 Å². The van der Waals surface area contributed by atoms with Crippen LogP contribution in [0.15, 0.2) is 54.2 Å². The van der Waals surface area contributed by atoms with E-state index in [0.717, 1.165) is 38.9 Å². The number of carbonyl (C=O) groups is 1. The van der Waals surface area contributed by atoms with Gasteiger partial charge in [-0.2, -0.15) is 5.10 Å². The van der Waals surface area contributed by atoms with Gasteiger partial charge in [-0.25, -0.2) is 15.0 Å². The number of anilines is 2. The Kier molecular flexibility index (Phi) is 6.04. The highest BCUT2D eigenvalue weighted by Crippen LogP contribution is 2.32. The van der Waals surface area contributed by atoms with Crippen molar-refractivity contribution in [3.8, 4) is 17.1 Å². The third kappa shape index (κ3) is 5.07. The number of carbonyl (C=O) groups excluding carboxylic acids is 1. The van der Waals surface area contributed by atoms with Crippen LogP contribution in [0.2, 0.25) is 0 Å². The van der Waals surface area contributed by atoms with E-state index in [1.807, 2.05) is 62.5 Å². The van der Waals surface area contributed by atoms with Crippen molar-refractivity contribution in [2.24, 2.45) is 0 Å². The lowest BCUT2D eigenvalue weighted by Gasteiger charge is -2.24. The number of pyridine rings is 1. The number of ether oxygens (including phenoxy) is 1. The van der Waals surface area contributed by atoms with E-state index in [1.165, 1.54) is 0 Å². The molecule has 0 aliphatic rings. The van der Waals surface area contributed by atoms with Crippen molar-refractivity contribution in [1.29, 1.82) is 0 Å². The molecule has 3 N–H and O–H groups in total. The van der Waals surface area contributed by atoms with Crippen LogP contribution in [0.3, 0.4) is 0 Å². The fourth-order valence-electron chi connectivity index (χ4n) is 3.49. The van der Waals surface area contributed by atoms with Crippen molar-refractivity contribution < 1.29 is 9.53 Å². The summed E-state index contributed by atoms with van der Waals surface area (Å²) in [6.07, 6.45) is 4.30. The normalized spacial score (nSPS) is 11.6. The molecule has 0 saturated heterocycles. The van der Waals surface area contributed by atoms with Crippen molar-refractivity contribution in [2.45, 2.75) is 32.7 Å². The van der Waals surface area contributed by atoms with Gasteiger partial charge < -0.3 is 15.4 Å². The minimum absolute atomic E-state index is 0.0619. The highest BCUT2D eigenvalue weighted by molar-refractivity contribution is 7.17. The Morgan fingerprint density at radius 2 is 2.06 bits per heavy atom. The predicted octanol–water partition coefficient (Wildman–Crippen LogP) is 5.06. The van der Waals surface area contributed by atoms with Gasteiger partial charge in [0.2, 0.25) is 0 Å². The van der Waals surface area contributed by atoms with E-state index in [0.29, 0.717) is 17.4 Å². The largest absolute Gasteiger partial charge is 0.484 e. The number of hydrogen-bond donors (Lipinski definition) is 3. The first-order chi connectivity index (χ1) is 16.9. The van der Waals surface area contributed by atoms with E-state index >= 15 is 0 Å². The lowest BCUT2D eigenvalue weighted by molar-refractivity contribution is -0.124. The first-order valence-corrected chi connectivity index (χ1v) is 12.1. The molecular formula is C25H25N7O2S. The Morgan fingerprint density at radius 3 is 2.91 bits per heavy atom. The summed E-state index contributed by atoms with van der Waals surface area (Å²) in [6, 6.07) is 11.4. The van der Waals surface area contributed by atoms with E-state index in [9.17, 15) is 4.79 Å². The Morgan fingerprint density at radius 1 is 1.17 bits per heavy atom. The molecule has 4 aromatic heterocycles. The molecule has 0 radical (unpaired) electrons. The lowest BCUT2D eigenvalue weighted by Crippen LogP contribution is -2.44. The number of thiophene rings is 1. The first kappa shape index (κ1) is 22.7. The van der Waals surface area contributed by atoms with E-state index in [2.05, 4.69) is 25.8 Å². The quantitative estimate of drug-likeness (QED) is 0.280. The van der Waals surface area contributed by atoms with Gasteiger partial charge in [-0.1, -0.05) is 19.1 Å². The van der Waals surface area contributed by atoms with E-state index < -0.39 is 0 Å². The number of hydrogen-bond acceptors (Lipinski definition) is 8. The highest BCUT2D eigenvalue weighted by Gasteiger charge is 2.18. The van der Waals surface area contributed by atoms with Gasteiger partial charge >= 0.3 is 0 Å². The summed E-state index contributed by atoms with van der Waals surface area (Å²) in [5.41, 5.74) is 2.89. The molecule has 0 unspecified atom stereocenters. The van der Waals surface area contributed by atoms with Crippen LogP contribution >= 0.6 is 11.3 Å². The number of nitrogens with zero attached hydrogens (tertiary/aromatic N) is 4. The van der Waals surface area contributed by atoms with Crippen molar-refractivity contribution >= 4 is 50.0 Å². The fraction of sp³-hybridized carbons (Fsp3) is 0.240. The Labute approximate surface area is 206 Å². The van der Waals surface area contributed by atoms with Gasteiger partial charge in [-0.05, 0) is 49.9 Å². The topological polar surface area (TPSA) is 118 Å². The smallest absolute Gasteiger partial charge is 0.258 e. The van der Waals surface area contributed by atoms with Crippen LogP contribution in [0.4, 0.5) is 11.5 Å². The summed E-state index contributed by atoms with van der Waals surface area (Å²) < 4.78 is 6.70. The van der Waals surface area contributed by atoms with Crippen molar-refractivity contribution in [3.05, 3.63) is 54.2 Å². The summed E-state index contributed by atoms with van der Waals surface area (Å²) in [5.74, 6) is 1.66. The number of nitrogens with one attached hydrogen (secondary N) is 3. The molecule has 1 aromatic carbocycles. The van der Waals surface area contributed by atoms with Gasteiger partial charge in [-0.15, -0.1) is 11.3 Å². The van der Waals surface area contributed by atoms with Gasteiger partial charge in [0.25, 0.3) is 5.91 Å². The molecule has 0 aliphatic carbocycles. The maximum absolute atomic E-state index is 12.3. The molecule has 1 amide bonds. The van der Waals surface area contributed by atoms with Crippen LogP contribution < -0.4 is 15.4 Å². The monoisotopic (exact) mass is 487 g/mol. The molecule has 4 heterocycles. The molecule has 0 atom stereocenters. The first-order valence-electron chi connectivity index (χ1n) is 11.3. The van der Waals surface area contributed by atoms with Crippen molar-refractivity contribution in [2.75, 3.05) is 11.9 Å². The summed E-state index contributed by atoms with van der Waals surface area (Å²) in [5, 5.41) is 16.1. The number of amides is 1. The third-order valence-corrected chi connectivity index (χ3v) is 6.59. The molecule has 0 spiro atoms. The number of aromatic nitrogens is 5. The number of benzene rings is 1. The number of aromatic amines is 1. The van der Waals surface area contributed by atoms with Crippen LogP contribution in [0.5, 0.6) is 5.75 Å². The van der Waals surface area contributed by atoms with Crippen LogP contribution in [0, 0.1) is 0 Å². The zero-order valence-electron chi connectivity index (χ0n) is 19.6. The number of H-pyrrole nitrogens is 1. The molecule has 5 rings (SSSR count). The minimum atomic E-state index is -0.271. The summed E-state index contributed by atoms with van der Waals surface area (Å²) in [7, 11) is 0. The summed E-state index contributed by atoms with van der Waals surface area (Å²) in [4.78, 5) is 26.2. The molecule has 5 aromatic rings. The van der Waals surface area contributed by atoms with Crippen molar-refractivity contribution in [3.63, 3.8) is 0 Å². The molecule has 0 bridgehead atoms. The molecule has 0 aliphatic heterocycles. The number of rotatable bonds is 8. The van der Waals surface area contributed by atoms with Crippen molar-refractivity contribution in [1.82, 2.24) is 30.5 Å². The molecular weight excluding hydrogens is 462 g/mol. The summed E-state index contributed by atoms with van der Waals surface area (Å²) in [6.45, 7) is 5.94. The second-order valence-corrected chi connectivity index (χ2v) is 9.71. The van der Waals surface area contributed by atoms with Crippen LogP contribution in [0.25, 0.3) is 32.6 Å². The zero-order valence-corrected chi connectivity index (χ0v) is 20.4. The summed E-state index contributed by atoms with van der Waals surface area (Å²) >= 11 is 1.57. The molecule has 0 saturated carbocycles. The van der Waals surface area contributed by atoms with Gasteiger partial charge in [-0.3, -0.25) is 9.89 Å².